The molecule has 0 bridgehead atoms. The van der Waals surface area contributed by atoms with Crippen LogP contribution in [0, 0.1) is 5.82 Å². The van der Waals surface area contributed by atoms with Gasteiger partial charge in [-0.05, 0) is 35.9 Å². The highest BCUT2D eigenvalue weighted by molar-refractivity contribution is 8.13. The van der Waals surface area contributed by atoms with Gasteiger partial charge in [0.1, 0.15) is 5.82 Å². The van der Waals surface area contributed by atoms with E-state index in [2.05, 4.69) is 4.99 Å². The van der Waals surface area contributed by atoms with Crippen LogP contribution in [-0.2, 0) is 15.6 Å². The van der Waals surface area contributed by atoms with Gasteiger partial charge in [-0.25, -0.2) is 12.8 Å². The van der Waals surface area contributed by atoms with Crippen molar-refractivity contribution in [2.45, 2.75) is 17.8 Å². The summed E-state index contributed by atoms with van der Waals surface area (Å²) in [4.78, 5) is 6.53. The maximum atomic E-state index is 13.3. The highest BCUT2D eigenvalue weighted by Crippen LogP contribution is 2.38. The van der Waals surface area contributed by atoms with Crippen LogP contribution in [0.25, 0.3) is 0 Å². The van der Waals surface area contributed by atoms with Gasteiger partial charge < -0.3 is 4.90 Å². The van der Waals surface area contributed by atoms with E-state index in [-0.39, 0.29) is 23.6 Å². The van der Waals surface area contributed by atoms with Crippen LogP contribution in [0.5, 0.6) is 0 Å². The van der Waals surface area contributed by atoms with Gasteiger partial charge in [-0.3, -0.25) is 4.99 Å². The summed E-state index contributed by atoms with van der Waals surface area (Å²) in [7, 11) is -3.16. The minimum atomic E-state index is -3.16. The van der Waals surface area contributed by atoms with Gasteiger partial charge in [0.15, 0.2) is 15.0 Å². The van der Waals surface area contributed by atoms with Gasteiger partial charge in [0.25, 0.3) is 0 Å². The summed E-state index contributed by atoms with van der Waals surface area (Å²) < 4.78 is 37.5. The van der Waals surface area contributed by atoms with Crippen molar-refractivity contribution in [1.29, 1.82) is 0 Å². The lowest BCUT2D eigenvalue weighted by Crippen LogP contribution is -2.39. The van der Waals surface area contributed by atoms with Crippen LogP contribution in [-0.4, -0.2) is 37.2 Å². The number of benzene rings is 2. The van der Waals surface area contributed by atoms with Crippen LogP contribution in [0.15, 0.2) is 41.4 Å². The van der Waals surface area contributed by atoms with E-state index in [0.29, 0.717) is 31.7 Å². The normalized spacial score (nSPS) is 23.0. The summed E-state index contributed by atoms with van der Waals surface area (Å²) in [6.45, 7) is 0. The molecular formula is C18H14Cl3FN2O2S2. The van der Waals surface area contributed by atoms with Gasteiger partial charge in [-0.2, -0.15) is 0 Å². The van der Waals surface area contributed by atoms with Gasteiger partial charge in [-0.15, -0.1) is 0 Å². The smallest absolute Gasteiger partial charge is 0.164 e. The summed E-state index contributed by atoms with van der Waals surface area (Å²) in [6, 6.07) is 8.71. The van der Waals surface area contributed by atoms with E-state index in [0.717, 1.165) is 5.56 Å². The Balaban J connectivity index is 1.65. The first kappa shape index (κ1) is 20.3. The first-order valence-electron chi connectivity index (χ1n) is 8.32. The number of hydrogen-bond acceptors (Lipinski definition) is 5. The third-order valence-corrected chi connectivity index (χ3v) is 8.11. The minimum absolute atomic E-state index is 0.0177. The molecular weight excluding hydrogens is 466 g/mol. The van der Waals surface area contributed by atoms with Gasteiger partial charge in [0.2, 0.25) is 0 Å². The fraction of sp³-hybridized carbons (Fsp3) is 0.278. The Bertz CT molecular complexity index is 1060. The zero-order valence-corrected chi connectivity index (χ0v) is 18.2. The van der Waals surface area contributed by atoms with E-state index < -0.39 is 15.7 Å². The quantitative estimate of drug-likeness (QED) is 0.617. The molecule has 2 aliphatic rings. The van der Waals surface area contributed by atoms with Crippen molar-refractivity contribution in [3.63, 3.8) is 0 Å². The molecule has 1 saturated heterocycles. The number of anilines is 1. The Kier molecular flexibility index (Phi) is 5.57. The number of fused-ring (bicyclic) bond motifs is 1. The highest BCUT2D eigenvalue weighted by Gasteiger charge is 2.47. The molecule has 2 aliphatic heterocycles. The molecule has 2 aromatic carbocycles. The Morgan fingerprint density at radius 3 is 2.50 bits per heavy atom. The largest absolute Gasteiger partial charge is 0.315 e. The molecule has 4 nitrogen and oxygen atoms in total. The van der Waals surface area contributed by atoms with E-state index in [4.69, 9.17) is 34.8 Å². The summed E-state index contributed by atoms with van der Waals surface area (Å²) in [6.07, 6.45) is 0. The second kappa shape index (κ2) is 7.69. The maximum absolute atomic E-state index is 13.3. The number of thioether (sulfide) groups is 1. The molecule has 0 N–H and O–H groups in total. The van der Waals surface area contributed by atoms with Crippen LogP contribution in [0.4, 0.5) is 10.1 Å². The highest BCUT2D eigenvalue weighted by atomic mass is 35.5. The minimum Gasteiger partial charge on any atom is -0.315 e. The van der Waals surface area contributed by atoms with Crippen molar-refractivity contribution < 1.29 is 12.8 Å². The third-order valence-electron chi connectivity index (χ3n) is 4.60. The molecule has 148 valence electrons. The molecule has 28 heavy (non-hydrogen) atoms. The Labute approximate surface area is 181 Å². The summed E-state index contributed by atoms with van der Waals surface area (Å²) in [5.41, 5.74) is 1.46. The molecule has 0 unspecified atom stereocenters. The number of amidine groups is 1. The summed E-state index contributed by atoms with van der Waals surface area (Å²) >= 11 is 19.8. The lowest BCUT2D eigenvalue weighted by Gasteiger charge is -2.27. The molecule has 0 amide bonds. The van der Waals surface area contributed by atoms with E-state index in [9.17, 15) is 12.8 Å². The molecule has 1 fully saturated rings. The van der Waals surface area contributed by atoms with Gasteiger partial charge in [-0.1, -0.05) is 52.6 Å². The summed E-state index contributed by atoms with van der Waals surface area (Å²) in [5.74, 6) is 0.109. The molecule has 0 radical (unpaired) electrons. The van der Waals surface area contributed by atoms with Crippen molar-refractivity contribution in [2.24, 2.45) is 4.99 Å². The zero-order chi connectivity index (χ0) is 20.1. The number of hydrogen-bond donors (Lipinski definition) is 0. The Hall–Kier alpha value is -0.990. The van der Waals surface area contributed by atoms with Crippen LogP contribution >= 0.6 is 46.6 Å². The molecule has 4 rings (SSSR count). The van der Waals surface area contributed by atoms with Gasteiger partial charge in [0, 0.05) is 26.5 Å². The molecule has 0 aliphatic carbocycles. The lowest BCUT2D eigenvalue weighted by atomic mass is 10.1. The predicted molar refractivity (Wildman–Crippen MR) is 115 cm³/mol. The first-order chi connectivity index (χ1) is 13.2. The predicted octanol–water partition coefficient (Wildman–Crippen LogP) is 5.06. The Morgan fingerprint density at radius 1 is 1.11 bits per heavy atom. The van der Waals surface area contributed by atoms with Crippen LogP contribution < -0.4 is 4.90 Å². The molecule has 2 atom stereocenters. The average molecular weight is 480 g/mol. The standard InChI is InChI=1S/C18H14Cl3FN2O2S2/c19-11-3-12(20)5-14(4-11)24-17-9-28(25,26)8-16(17)23-18(24)27-7-10-1-2-13(22)6-15(10)21/h1-6,16-17H,7-9H2/t16-,17+/m0/s1. The molecule has 2 heterocycles. The molecule has 10 heteroatoms. The van der Waals surface area contributed by atoms with E-state index in [1.165, 1.54) is 23.9 Å². The fourth-order valence-electron chi connectivity index (χ4n) is 3.39. The lowest BCUT2D eigenvalue weighted by molar-refractivity contribution is 0.601. The molecule has 0 spiro atoms. The second-order valence-electron chi connectivity index (χ2n) is 6.65. The number of aliphatic imine (C=N–C) groups is 1. The zero-order valence-electron chi connectivity index (χ0n) is 14.3. The number of sulfone groups is 1. The second-order valence-corrected chi connectivity index (χ2v) is 11.0. The maximum Gasteiger partial charge on any atom is 0.164 e. The molecule has 0 aromatic heterocycles. The Morgan fingerprint density at radius 2 is 1.82 bits per heavy atom. The molecule has 2 aromatic rings. The van der Waals surface area contributed by atoms with Gasteiger partial charge in [0.05, 0.1) is 23.6 Å². The summed E-state index contributed by atoms with van der Waals surface area (Å²) in [5, 5.41) is 1.92. The van der Waals surface area contributed by atoms with Gasteiger partial charge >= 0.3 is 0 Å². The average Bonchev–Trinajstić information content (AvgIpc) is 3.04. The van der Waals surface area contributed by atoms with E-state index in [1.807, 2.05) is 4.90 Å². The third kappa shape index (κ3) is 4.14. The molecule has 0 saturated carbocycles. The van der Waals surface area contributed by atoms with Crippen LogP contribution in [0.3, 0.4) is 0 Å². The van der Waals surface area contributed by atoms with Crippen molar-refractivity contribution in [3.05, 3.63) is 62.8 Å². The van der Waals surface area contributed by atoms with Crippen molar-refractivity contribution in [2.75, 3.05) is 16.4 Å². The number of nitrogens with zero attached hydrogens (tertiary/aromatic N) is 2. The van der Waals surface area contributed by atoms with Crippen LogP contribution in [0.2, 0.25) is 15.1 Å². The number of halogens is 4. The van der Waals surface area contributed by atoms with E-state index in [1.54, 1.807) is 24.3 Å². The monoisotopic (exact) mass is 478 g/mol. The van der Waals surface area contributed by atoms with Crippen molar-refractivity contribution in [1.82, 2.24) is 0 Å². The number of rotatable bonds is 3. The topological polar surface area (TPSA) is 49.7 Å². The first-order valence-corrected chi connectivity index (χ1v) is 12.3. The van der Waals surface area contributed by atoms with E-state index >= 15 is 0 Å². The van der Waals surface area contributed by atoms with Crippen molar-refractivity contribution in [3.8, 4) is 0 Å². The van der Waals surface area contributed by atoms with Crippen LogP contribution in [0.1, 0.15) is 5.56 Å². The van der Waals surface area contributed by atoms with Crippen molar-refractivity contribution >= 4 is 67.3 Å². The fourth-order valence-corrected chi connectivity index (χ4v) is 7.19. The SMILES string of the molecule is O=S1(=O)C[C@@H]2N=C(SCc3ccc(F)cc3Cl)N(c3cc(Cl)cc(Cl)c3)[C@@H]2C1.